The number of aromatic nitrogens is 1. The molecule has 15 heteroatoms. The van der Waals surface area contributed by atoms with E-state index >= 15 is 0 Å². The molecule has 3 aromatic carbocycles. The van der Waals surface area contributed by atoms with E-state index in [4.69, 9.17) is 9.84 Å². The van der Waals surface area contributed by atoms with Crippen LogP contribution in [-0.4, -0.2) is 82.8 Å². The SMILES string of the molecule is CCN(C1CCC(C(=O)O)CC1)S(=O)(=O)c1cccc(C(=O)Nc2ccc(OCC3CC3)nc2C(=O)Nc2ccc(CN(C)Cc3ccc(C(=O)O)cc3)cc2)c1. The smallest absolute Gasteiger partial charge is 0.335 e. The summed E-state index contributed by atoms with van der Waals surface area (Å²) >= 11 is 0. The first-order chi connectivity index (χ1) is 27.3. The van der Waals surface area contributed by atoms with Crippen molar-refractivity contribution in [3.05, 3.63) is 113 Å². The van der Waals surface area contributed by atoms with E-state index in [1.165, 1.54) is 34.6 Å². The van der Waals surface area contributed by atoms with Crippen LogP contribution in [0, 0.1) is 11.8 Å². The lowest BCUT2D eigenvalue weighted by atomic mass is 9.86. The predicted molar refractivity (Wildman–Crippen MR) is 213 cm³/mol. The van der Waals surface area contributed by atoms with E-state index in [-0.39, 0.29) is 45.9 Å². The van der Waals surface area contributed by atoms with Crippen LogP contribution >= 0.6 is 0 Å². The normalized spacial score (nSPS) is 16.9. The highest BCUT2D eigenvalue weighted by atomic mass is 32.2. The van der Waals surface area contributed by atoms with Crippen molar-refractivity contribution in [2.24, 2.45) is 11.8 Å². The molecular formula is C42H47N5O9S. The fourth-order valence-electron chi connectivity index (χ4n) is 6.96. The lowest BCUT2D eigenvalue weighted by Gasteiger charge is -2.34. The average molecular weight is 798 g/mol. The van der Waals surface area contributed by atoms with Gasteiger partial charge in [0.25, 0.3) is 11.8 Å². The van der Waals surface area contributed by atoms with Gasteiger partial charge in [-0.2, -0.15) is 4.31 Å². The molecular weight excluding hydrogens is 751 g/mol. The Morgan fingerprint density at radius 1 is 0.789 bits per heavy atom. The quantitative estimate of drug-likeness (QED) is 0.0929. The van der Waals surface area contributed by atoms with E-state index in [1.807, 2.05) is 19.2 Å². The number of rotatable bonds is 17. The molecule has 1 heterocycles. The summed E-state index contributed by atoms with van der Waals surface area (Å²) in [5.41, 5.74) is 2.75. The fourth-order valence-corrected chi connectivity index (χ4v) is 8.70. The maximum Gasteiger partial charge on any atom is 0.335 e. The summed E-state index contributed by atoms with van der Waals surface area (Å²) in [6, 6.07) is 22.5. The Labute approximate surface area is 331 Å². The number of ether oxygens (including phenoxy) is 1. The number of aliphatic carboxylic acids is 1. The van der Waals surface area contributed by atoms with Crippen LogP contribution in [0.15, 0.2) is 89.8 Å². The molecule has 6 rings (SSSR count). The molecule has 0 unspecified atom stereocenters. The number of benzene rings is 3. The second-order valence-corrected chi connectivity index (χ2v) is 16.6. The third kappa shape index (κ3) is 10.6. The number of carbonyl (C=O) groups is 4. The van der Waals surface area contributed by atoms with Crippen molar-refractivity contribution >= 4 is 45.2 Å². The number of anilines is 2. The van der Waals surface area contributed by atoms with Crippen LogP contribution in [-0.2, 0) is 27.9 Å². The van der Waals surface area contributed by atoms with E-state index in [9.17, 15) is 32.7 Å². The Morgan fingerprint density at radius 2 is 1.44 bits per heavy atom. The number of carboxylic acid groups (broad SMARTS) is 2. The summed E-state index contributed by atoms with van der Waals surface area (Å²) in [5, 5.41) is 24.1. The minimum Gasteiger partial charge on any atom is -0.481 e. The monoisotopic (exact) mass is 797 g/mol. The van der Waals surface area contributed by atoms with Crippen molar-refractivity contribution in [3.8, 4) is 5.88 Å². The van der Waals surface area contributed by atoms with Gasteiger partial charge in [0.05, 0.1) is 28.7 Å². The van der Waals surface area contributed by atoms with E-state index in [0.717, 1.165) is 24.0 Å². The lowest BCUT2D eigenvalue weighted by molar-refractivity contribution is -0.143. The van der Waals surface area contributed by atoms with Crippen LogP contribution in [0.4, 0.5) is 11.4 Å². The van der Waals surface area contributed by atoms with Crippen LogP contribution in [0.25, 0.3) is 0 Å². The number of amides is 2. The minimum atomic E-state index is -4.02. The molecule has 4 aromatic rings. The molecule has 14 nitrogen and oxygen atoms in total. The summed E-state index contributed by atoms with van der Waals surface area (Å²) in [6.07, 6.45) is 3.76. The van der Waals surface area contributed by atoms with Gasteiger partial charge in [-0.15, -0.1) is 0 Å². The number of nitrogens with one attached hydrogen (secondary N) is 2. The molecule has 300 valence electrons. The van der Waals surface area contributed by atoms with Gasteiger partial charge in [-0.3, -0.25) is 19.3 Å². The summed E-state index contributed by atoms with van der Waals surface area (Å²) in [4.78, 5) is 56.5. The number of carboxylic acids is 2. The summed E-state index contributed by atoms with van der Waals surface area (Å²) in [5.74, 6) is -2.91. The van der Waals surface area contributed by atoms with Crippen molar-refractivity contribution < 1.29 is 42.5 Å². The van der Waals surface area contributed by atoms with Gasteiger partial charge in [-0.05, 0) is 111 Å². The topological polar surface area (TPSA) is 196 Å². The Hall–Kier alpha value is -5.64. The lowest BCUT2D eigenvalue weighted by Crippen LogP contribution is -2.42. The third-order valence-corrected chi connectivity index (χ3v) is 12.3. The highest BCUT2D eigenvalue weighted by Crippen LogP contribution is 2.32. The average Bonchev–Trinajstić information content (AvgIpc) is 4.03. The van der Waals surface area contributed by atoms with Crippen LogP contribution in [0.3, 0.4) is 0 Å². The first-order valence-corrected chi connectivity index (χ1v) is 20.5. The molecule has 2 fully saturated rings. The number of aromatic carboxylic acids is 1. The molecule has 1 aromatic heterocycles. The van der Waals surface area contributed by atoms with Crippen molar-refractivity contribution in [3.63, 3.8) is 0 Å². The molecule has 2 aliphatic carbocycles. The van der Waals surface area contributed by atoms with E-state index in [0.29, 0.717) is 57.0 Å². The Kier molecular flexibility index (Phi) is 13.0. The molecule has 4 N–H and O–H groups in total. The predicted octanol–water partition coefficient (Wildman–Crippen LogP) is 6.36. The van der Waals surface area contributed by atoms with E-state index in [1.54, 1.807) is 49.4 Å². The Balaban J connectivity index is 1.14. The molecule has 0 bridgehead atoms. The van der Waals surface area contributed by atoms with Gasteiger partial charge in [0.1, 0.15) is 0 Å². The maximum atomic E-state index is 13.8. The summed E-state index contributed by atoms with van der Waals surface area (Å²) in [7, 11) is -2.07. The van der Waals surface area contributed by atoms with Crippen molar-refractivity contribution in [1.82, 2.24) is 14.2 Å². The van der Waals surface area contributed by atoms with Crippen molar-refractivity contribution in [1.29, 1.82) is 0 Å². The van der Waals surface area contributed by atoms with Gasteiger partial charge in [-0.1, -0.05) is 37.3 Å². The molecule has 0 atom stereocenters. The number of nitrogens with zero attached hydrogens (tertiary/aromatic N) is 3. The highest BCUT2D eigenvalue weighted by Gasteiger charge is 2.35. The molecule has 2 amide bonds. The summed E-state index contributed by atoms with van der Waals surface area (Å²) in [6.45, 7) is 3.58. The first kappa shape index (κ1) is 41.0. The maximum absolute atomic E-state index is 13.8. The number of carbonyl (C=O) groups excluding carboxylic acids is 2. The molecule has 0 saturated heterocycles. The number of hydrogen-bond acceptors (Lipinski definition) is 9. The second kappa shape index (κ2) is 18.1. The van der Waals surface area contributed by atoms with E-state index < -0.39 is 39.7 Å². The van der Waals surface area contributed by atoms with Gasteiger partial charge in [0.15, 0.2) is 5.69 Å². The van der Waals surface area contributed by atoms with Gasteiger partial charge in [0.2, 0.25) is 15.9 Å². The van der Waals surface area contributed by atoms with Gasteiger partial charge in [-0.25, -0.2) is 18.2 Å². The fraction of sp³-hybridized carbons (Fsp3) is 0.357. The largest absolute Gasteiger partial charge is 0.481 e. The Bertz CT molecular complexity index is 2200. The molecule has 2 aliphatic rings. The van der Waals surface area contributed by atoms with E-state index in [2.05, 4.69) is 20.5 Å². The van der Waals surface area contributed by atoms with Crippen molar-refractivity contribution in [2.75, 3.05) is 30.8 Å². The molecule has 0 aliphatic heterocycles. The van der Waals surface area contributed by atoms with Crippen LogP contribution in [0.1, 0.15) is 87.8 Å². The Morgan fingerprint density at radius 3 is 2.04 bits per heavy atom. The second-order valence-electron chi connectivity index (χ2n) is 14.7. The number of hydrogen-bond donors (Lipinski definition) is 4. The van der Waals surface area contributed by atoms with Crippen LogP contribution in [0.2, 0.25) is 0 Å². The molecule has 57 heavy (non-hydrogen) atoms. The number of sulfonamides is 1. The molecule has 2 saturated carbocycles. The summed E-state index contributed by atoms with van der Waals surface area (Å²) < 4.78 is 34.9. The molecule has 0 spiro atoms. The van der Waals surface area contributed by atoms with Crippen LogP contribution in [0.5, 0.6) is 5.88 Å². The standard InChI is InChI=1S/C42H47N5O9S/c1-3-47(34-19-15-31(16-20-34)42(52)53)57(54,55)35-6-4-5-32(23-35)39(48)44-36-21-22-37(56-26-29-7-8-29)45-38(36)40(49)43-33-17-11-28(12-18-33)25-46(2)24-27-9-13-30(14-10-27)41(50)51/h4-6,9-14,17-18,21-23,29,31,34H,3,7-8,15-16,19-20,24-26H2,1-2H3,(H,43,49)(H,44,48)(H,50,51)(H,52,53). The van der Waals surface area contributed by atoms with Crippen LogP contribution < -0.4 is 15.4 Å². The van der Waals surface area contributed by atoms with Crippen molar-refractivity contribution in [2.45, 2.75) is 69.5 Å². The zero-order valence-corrected chi connectivity index (χ0v) is 32.7. The molecule has 0 radical (unpaired) electrons. The van der Waals surface area contributed by atoms with Gasteiger partial charge < -0.3 is 25.6 Å². The van der Waals surface area contributed by atoms with Gasteiger partial charge >= 0.3 is 11.9 Å². The first-order valence-electron chi connectivity index (χ1n) is 19.0. The number of pyridine rings is 1. The zero-order valence-electron chi connectivity index (χ0n) is 31.9. The minimum absolute atomic E-state index is 0.0555. The third-order valence-electron chi connectivity index (χ3n) is 10.3. The highest BCUT2D eigenvalue weighted by molar-refractivity contribution is 7.89. The van der Waals surface area contributed by atoms with Gasteiger partial charge in [0, 0.05) is 43.0 Å². The zero-order chi connectivity index (χ0) is 40.7.